The maximum Gasteiger partial charge on any atom is 0.339 e. The first-order valence-corrected chi connectivity index (χ1v) is 6.66. The molecule has 2 N–H and O–H groups in total. The zero-order valence-electron chi connectivity index (χ0n) is 7.56. The van der Waals surface area contributed by atoms with Crippen LogP contribution in [-0.4, -0.2) is 30.9 Å². The highest BCUT2D eigenvalue weighted by Crippen LogP contribution is 2.28. The first-order valence-electron chi connectivity index (χ1n) is 3.69. The molecule has 0 bridgehead atoms. The van der Waals surface area contributed by atoms with E-state index in [1.165, 1.54) is 6.07 Å². The van der Waals surface area contributed by atoms with Gasteiger partial charge in [-0.25, -0.2) is 13.2 Å². The average molecular weight is 342 g/mol. The van der Waals surface area contributed by atoms with Crippen LogP contribution in [-0.2, 0) is 9.84 Å². The molecule has 1 aromatic carbocycles. The Balaban J connectivity index is 3.57. The number of aromatic carboxylic acids is 1. The van der Waals surface area contributed by atoms with Crippen molar-refractivity contribution in [1.82, 2.24) is 0 Å². The minimum Gasteiger partial charge on any atom is -0.506 e. The molecule has 15 heavy (non-hydrogen) atoms. The lowest BCUT2D eigenvalue weighted by molar-refractivity contribution is 0.0693. The standard InChI is InChI=1S/C8H7IO5S/c1-15(13,14)4-2-5(8(11)12)7(10)6(9)3-4/h2-3,10H,1H3,(H,11,12). The topological polar surface area (TPSA) is 91.7 Å². The fourth-order valence-corrected chi connectivity index (χ4v) is 2.45. The Hall–Kier alpha value is -0.830. The lowest BCUT2D eigenvalue weighted by Crippen LogP contribution is -2.03. The summed E-state index contributed by atoms with van der Waals surface area (Å²) in [4.78, 5) is 10.6. The summed E-state index contributed by atoms with van der Waals surface area (Å²) in [5.74, 6) is -1.79. The SMILES string of the molecule is CS(=O)(=O)c1cc(I)c(O)c(C(=O)O)c1. The number of halogens is 1. The number of rotatable bonds is 2. The quantitative estimate of drug-likeness (QED) is 0.786. The van der Waals surface area contributed by atoms with Gasteiger partial charge in [-0.15, -0.1) is 0 Å². The summed E-state index contributed by atoms with van der Waals surface area (Å²) in [6.07, 6.45) is 0.973. The van der Waals surface area contributed by atoms with E-state index in [0.29, 0.717) is 0 Å². The number of carbonyl (C=O) groups is 1. The number of carboxylic acid groups (broad SMARTS) is 1. The molecule has 0 radical (unpaired) electrons. The van der Waals surface area contributed by atoms with Crippen LogP contribution < -0.4 is 0 Å². The molecular weight excluding hydrogens is 335 g/mol. The molecule has 0 saturated heterocycles. The smallest absolute Gasteiger partial charge is 0.339 e. The molecule has 1 aromatic rings. The van der Waals surface area contributed by atoms with E-state index in [-0.39, 0.29) is 8.47 Å². The maximum atomic E-state index is 11.2. The van der Waals surface area contributed by atoms with Gasteiger partial charge in [-0.3, -0.25) is 0 Å². The zero-order valence-corrected chi connectivity index (χ0v) is 10.5. The fourth-order valence-electron chi connectivity index (χ4n) is 0.951. The highest BCUT2D eigenvalue weighted by Gasteiger charge is 2.18. The molecule has 82 valence electrons. The highest BCUT2D eigenvalue weighted by molar-refractivity contribution is 14.1. The van der Waals surface area contributed by atoms with E-state index in [0.717, 1.165) is 12.3 Å². The van der Waals surface area contributed by atoms with Crippen molar-refractivity contribution in [2.75, 3.05) is 6.26 Å². The van der Waals surface area contributed by atoms with Gasteiger partial charge >= 0.3 is 5.97 Å². The molecule has 0 fully saturated rings. The van der Waals surface area contributed by atoms with Gasteiger partial charge in [0.25, 0.3) is 0 Å². The van der Waals surface area contributed by atoms with Crippen molar-refractivity contribution in [1.29, 1.82) is 0 Å². The fraction of sp³-hybridized carbons (Fsp3) is 0.125. The second-order valence-corrected chi connectivity index (χ2v) is 6.06. The van der Waals surface area contributed by atoms with Gasteiger partial charge in [0.2, 0.25) is 0 Å². The van der Waals surface area contributed by atoms with Crippen molar-refractivity contribution in [3.8, 4) is 5.75 Å². The van der Waals surface area contributed by atoms with Crippen molar-refractivity contribution in [2.45, 2.75) is 4.90 Å². The van der Waals surface area contributed by atoms with E-state index in [1.54, 1.807) is 22.6 Å². The Labute approximate surface area is 99.8 Å². The van der Waals surface area contributed by atoms with E-state index < -0.39 is 27.1 Å². The molecule has 0 unspecified atom stereocenters. The Bertz CT molecular complexity index is 520. The predicted molar refractivity (Wildman–Crippen MR) is 60.9 cm³/mol. The molecule has 0 aliphatic rings. The number of phenols is 1. The third-order valence-electron chi connectivity index (χ3n) is 1.70. The molecule has 1 rings (SSSR count). The van der Waals surface area contributed by atoms with Crippen LogP contribution in [0.5, 0.6) is 5.75 Å². The second-order valence-electron chi connectivity index (χ2n) is 2.88. The molecule has 0 aromatic heterocycles. The summed E-state index contributed by atoms with van der Waals surface area (Å²) in [6.45, 7) is 0. The molecule has 0 spiro atoms. The van der Waals surface area contributed by atoms with Crippen LogP contribution in [0.15, 0.2) is 17.0 Å². The Morgan fingerprint density at radius 1 is 1.40 bits per heavy atom. The van der Waals surface area contributed by atoms with Gasteiger partial charge in [0.05, 0.1) is 8.47 Å². The van der Waals surface area contributed by atoms with E-state index in [1.807, 2.05) is 0 Å². The summed E-state index contributed by atoms with van der Waals surface area (Å²) >= 11 is 1.67. The van der Waals surface area contributed by atoms with Gasteiger partial charge in [0, 0.05) is 6.26 Å². The van der Waals surface area contributed by atoms with Crippen LogP contribution in [0, 0.1) is 3.57 Å². The number of hydrogen-bond donors (Lipinski definition) is 2. The van der Waals surface area contributed by atoms with Gasteiger partial charge in [0.1, 0.15) is 11.3 Å². The first-order chi connectivity index (χ1) is 6.73. The normalized spacial score (nSPS) is 11.3. The number of benzene rings is 1. The van der Waals surface area contributed by atoms with Crippen LogP contribution in [0.1, 0.15) is 10.4 Å². The van der Waals surface area contributed by atoms with Gasteiger partial charge in [-0.1, -0.05) is 0 Å². The summed E-state index contributed by atoms with van der Waals surface area (Å²) in [5.41, 5.74) is -0.415. The number of carboxylic acids is 1. The van der Waals surface area contributed by atoms with E-state index in [2.05, 4.69) is 0 Å². The Morgan fingerprint density at radius 3 is 2.33 bits per heavy atom. The molecule has 0 atom stereocenters. The lowest BCUT2D eigenvalue weighted by atomic mass is 10.2. The van der Waals surface area contributed by atoms with Gasteiger partial charge in [-0.05, 0) is 34.7 Å². The Kier molecular flexibility index (Phi) is 3.24. The van der Waals surface area contributed by atoms with Crippen molar-refractivity contribution >= 4 is 38.4 Å². The molecule has 0 saturated carbocycles. The molecule has 0 amide bonds. The molecule has 5 nitrogen and oxygen atoms in total. The van der Waals surface area contributed by atoms with Crippen LogP contribution in [0.25, 0.3) is 0 Å². The summed E-state index contributed by atoms with van der Waals surface area (Å²) in [5, 5.41) is 18.1. The third-order valence-corrected chi connectivity index (χ3v) is 3.61. The van der Waals surface area contributed by atoms with Crippen LogP contribution in [0.4, 0.5) is 0 Å². The molecule has 0 aliphatic carbocycles. The number of aromatic hydroxyl groups is 1. The largest absolute Gasteiger partial charge is 0.506 e. The minimum atomic E-state index is -3.48. The molecule has 7 heteroatoms. The van der Waals surface area contributed by atoms with E-state index in [9.17, 15) is 18.3 Å². The first kappa shape index (κ1) is 12.2. The van der Waals surface area contributed by atoms with Gasteiger partial charge in [-0.2, -0.15) is 0 Å². The van der Waals surface area contributed by atoms with Crippen molar-refractivity contribution in [3.63, 3.8) is 0 Å². The highest BCUT2D eigenvalue weighted by atomic mass is 127. The molecular formula is C8H7IO5S. The lowest BCUT2D eigenvalue weighted by Gasteiger charge is -2.05. The van der Waals surface area contributed by atoms with E-state index >= 15 is 0 Å². The van der Waals surface area contributed by atoms with Crippen molar-refractivity contribution in [2.24, 2.45) is 0 Å². The average Bonchev–Trinajstić information content (AvgIpc) is 2.06. The van der Waals surface area contributed by atoms with Crippen LogP contribution in [0.2, 0.25) is 0 Å². The van der Waals surface area contributed by atoms with Crippen LogP contribution >= 0.6 is 22.6 Å². The van der Waals surface area contributed by atoms with Crippen LogP contribution in [0.3, 0.4) is 0 Å². The summed E-state index contributed by atoms with van der Waals surface area (Å²) < 4.78 is 22.6. The van der Waals surface area contributed by atoms with Crippen molar-refractivity contribution in [3.05, 3.63) is 21.3 Å². The van der Waals surface area contributed by atoms with Gasteiger partial charge in [0.15, 0.2) is 9.84 Å². The van der Waals surface area contributed by atoms with Gasteiger partial charge < -0.3 is 10.2 Å². The van der Waals surface area contributed by atoms with Crippen molar-refractivity contribution < 1.29 is 23.4 Å². The number of sulfone groups is 1. The molecule has 0 heterocycles. The summed E-state index contributed by atoms with van der Waals surface area (Å²) in [6, 6.07) is 2.16. The Morgan fingerprint density at radius 2 is 1.93 bits per heavy atom. The summed E-state index contributed by atoms with van der Waals surface area (Å²) in [7, 11) is -3.48. The number of hydrogen-bond acceptors (Lipinski definition) is 4. The predicted octanol–water partition coefficient (Wildman–Crippen LogP) is 1.10. The minimum absolute atomic E-state index is 0.123. The monoisotopic (exact) mass is 342 g/mol. The van der Waals surface area contributed by atoms with E-state index in [4.69, 9.17) is 5.11 Å². The zero-order chi connectivity index (χ0) is 11.8. The maximum absolute atomic E-state index is 11.2. The second kappa shape index (κ2) is 3.97. The third kappa shape index (κ3) is 2.59. The molecule has 0 aliphatic heterocycles.